The zero-order chi connectivity index (χ0) is 19.4. The average molecular weight is 372 g/mol. The van der Waals surface area contributed by atoms with Crippen molar-refractivity contribution in [2.75, 3.05) is 26.7 Å². The molecule has 1 fully saturated rings. The number of piperidine rings is 1. The van der Waals surface area contributed by atoms with Crippen molar-refractivity contribution in [3.05, 3.63) is 54.4 Å². The number of hydrogen-bond donors (Lipinski definition) is 1. The van der Waals surface area contributed by atoms with E-state index in [-0.39, 0.29) is 11.2 Å². The van der Waals surface area contributed by atoms with Crippen LogP contribution in [0.15, 0.2) is 48.0 Å². The highest BCUT2D eigenvalue weighted by atomic mass is 19.1. The van der Waals surface area contributed by atoms with Gasteiger partial charge in [-0.3, -0.25) is 4.99 Å². The van der Waals surface area contributed by atoms with Crippen LogP contribution in [0.25, 0.3) is 0 Å². The monoisotopic (exact) mass is 371 g/mol. The summed E-state index contributed by atoms with van der Waals surface area (Å²) in [5.74, 6) is 1.30. The van der Waals surface area contributed by atoms with E-state index in [2.05, 4.69) is 45.5 Å². The van der Waals surface area contributed by atoms with Crippen LogP contribution in [0, 0.1) is 11.7 Å². The molecule has 1 aliphatic rings. The lowest BCUT2D eigenvalue weighted by atomic mass is 9.84. The van der Waals surface area contributed by atoms with Gasteiger partial charge >= 0.3 is 0 Å². The van der Waals surface area contributed by atoms with Gasteiger partial charge in [0.25, 0.3) is 0 Å². The number of aromatic nitrogens is 2. The van der Waals surface area contributed by atoms with Crippen molar-refractivity contribution in [3.63, 3.8) is 0 Å². The number of imidazole rings is 1. The van der Waals surface area contributed by atoms with Crippen molar-refractivity contribution in [1.29, 1.82) is 0 Å². The first kappa shape index (κ1) is 19.4. The van der Waals surface area contributed by atoms with Crippen molar-refractivity contribution < 1.29 is 4.39 Å². The number of guanidine groups is 1. The number of likely N-dealkylation sites (tertiary alicyclic amines) is 1. The molecule has 1 aliphatic heterocycles. The molecule has 6 heteroatoms. The van der Waals surface area contributed by atoms with Gasteiger partial charge in [0.1, 0.15) is 5.82 Å². The minimum Gasteiger partial charge on any atom is -0.355 e. The maximum atomic E-state index is 14.2. The van der Waals surface area contributed by atoms with Gasteiger partial charge in [0, 0.05) is 44.5 Å². The lowest BCUT2D eigenvalue weighted by Gasteiger charge is -2.40. The summed E-state index contributed by atoms with van der Waals surface area (Å²) in [6.07, 6.45) is 6.85. The lowest BCUT2D eigenvalue weighted by Crippen LogP contribution is -2.51. The summed E-state index contributed by atoms with van der Waals surface area (Å²) in [6, 6.07) is 7.37. The Morgan fingerprint density at radius 2 is 2.15 bits per heavy atom. The molecule has 1 aromatic heterocycles. The summed E-state index contributed by atoms with van der Waals surface area (Å²) in [5, 5.41) is 3.47. The molecule has 0 bridgehead atoms. The first-order valence-electron chi connectivity index (χ1n) is 9.60. The minimum absolute atomic E-state index is 0.161. The molecule has 2 unspecified atom stereocenters. The van der Waals surface area contributed by atoms with E-state index in [1.165, 1.54) is 6.07 Å². The van der Waals surface area contributed by atoms with E-state index in [1.807, 2.05) is 37.9 Å². The third kappa shape index (κ3) is 4.31. The molecule has 2 heterocycles. The van der Waals surface area contributed by atoms with Gasteiger partial charge in [-0.25, -0.2) is 9.37 Å². The molecule has 0 aliphatic carbocycles. The average Bonchev–Trinajstić information content (AvgIpc) is 3.18. The maximum absolute atomic E-state index is 14.2. The molecule has 1 saturated heterocycles. The highest BCUT2D eigenvalue weighted by molar-refractivity contribution is 5.80. The lowest BCUT2D eigenvalue weighted by molar-refractivity contribution is 0.188. The first-order chi connectivity index (χ1) is 12.9. The Bertz CT molecular complexity index is 769. The SMILES string of the molecule is CN=C(NCC(C)(C)c1ccccc1F)N1CCC(C)C(n2ccnc2)C1. The van der Waals surface area contributed by atoms with Crippen LogP contribution >= 0.6 is 0 Å². The predicted octanol–water partition coefficient (Wildman–Crippen LogP) is 3.46. The molecule has 5 nitrogen and oxygen atoms in total. The number of benzene rings is 1. The highest BCUT2D eigenvalue weighted by Gasteiger charge is 2.30. The molecule has 0 saturated carbocycles. The number of aliphatic imine (C=N–C) groups is 1. The normalized spacial score (nSPS) is 21.4. The van der Waals surface area contributed by atoms with Crippen molar-refractivity contribution in [2.24, 2.45) is 10.9 Å². The van der Waals surface area contributed by atoms with Gasteiger partial charge in [-0.15, -0.1) is 0 Å². The molecule has 2 aromatic rings. The number of nitrogens with zero attached hydrogens (tertiary/aromatic N) is 4. The van der Waals surface area contributed by atoms with E-state index in [1.54, 1.807) is 6.07 Å². The third-order valence-corrected chi connectivity index (χ3v) is 5.63. The molecular weight excluding hydrogens is 341 g/mol. The second kappa shape index (κ2) is 8.11. The molecular formula is C21H30FN5. The number of nitrogens with one attached hydrogen (secondary N) is 1. The van der Waals surface area contributed by atoms with Crippen molar-refractivity contribution in [2.45, 2.75) is 38.6 Å². The van der Waals surface area contributed by atoms with Crippen molar-refractivity contribution >= 4 is 5.96 Å². The molecule has 0 radical (unpaired) electrons. The zero-order valence-corrected chi connectivity index (χ0v) is 16.7. The Labute approximate surface area is 161 Å². The molecule has 1 N–H and O–H groups in total. The van der Waals surface area contributed by atoms with Crippen LogP contribution in [0.1, 0.15) is 38.8 Å². The van der Waals surface area contributed by atoms with Gasteiger partial charge in [0.15, 0.2) is 5.96 Å². The molecule has 1 aromatic carbocycles. The van der Waals surface area contributed by atoms with Gasteiger partial charge in [-0.2, -0.15) is 0 Å². The van der Waals surface area contributed by atoms with Crippen LogP contribution in [0.3, 0.4) is 0 Å². The van der Waals surface area contributed by atoms with E-state index in [0.29, 0.717) is 18.5 Å². The molecule has 0 amide bonds. The smallest absolute Gasteiger partial charge is 0.193 e. The predicted molar refractivity (Wildman–Crippen MR) is 107 cm³/mol. The minimum atomic E-state index is -0.339. The van der Waals surface area contributed by atoms with Crippen molar-refractivity contribution in [1.82, 2.24) is 19.8 Å². The van der Waals surface area contributed by atoms with Crippen molar-refractivity contribution in [3.8, 4) is 0 Å². The molecule has 146 valence electrons. The van der Waals surface area contributed by atoms with Crippen LogP contribution in [-0.2, 0) is 5.41 Å². The van der Waals surface area contributed by atoms with Crippen LogP contribution in [0.2, 0.25) is 0 Å². The highest BCUT2D eigenvalue weighted by Crippen LogP contribution is 2.28. The maximum Gasteiger partial charge on any atom is 0.193 e. The van der Waals surface area contributed by atoms with Gasteiger partial charge < -0.3 is 14.8 Å². The fraction of sp³-hybridized carbons (Fsp3) is 0.524. The Morgan fingerprint density at radius 1 is 1.37 bits per heavy atom. The second-order valence-corrected chi connectivity index (χ2v) is 8.05. The second-order valence-electron chi connectivity index (χ2n) is 8.05. The summed E-state index contributed by atoms with van der Waals surface area (Å²) < 4.78 is 16.4. The fourth-order valence-corrected chi connectivity index (χ4v) is 3.83. The standard InChI is InChI=1S/C21H30FN5/c1-16-9-11-26(13-19(16)27-12-10-24-15-27)20(23-4)25-14-21(2,3)17-7-5-6-8-18(17)22/h5-8,10,12,15-16,19H,9,11,13-14H2,1-4H3,(H,23,25). The summed E-state index contributed by atoms with van der Waals surface area (Å²) in [6.45, 7) is 8.86. The van der Waals surface area contributed by atoms with Gasteiger partial charge in [-0.05, 0) is 24.0 Å². The Hall–Kier alpha value is -2.37. The summed E-state index contributed by atoms with van der Waals surface area (Å²) >= 11 is 0. The molecule has 3 rings (SSSR count). The molecule has 2 atom stereocenters. The third-order valence-electron chi connectivity index (χ3n) is 5.63. The number of hydrogen-bond acceptors (Lipinski definition) is 2. The van der Waals surface area contributed by atoms with Gasteiger partial charge in [0.05, 0.1) is 12.4 Å². The number of rotatable bonds is 4. The van der Waals surface area contributed by atoms with Crippen LogP contribution in [0.5, 0.6) is 0 Å². The van der Waals surface area contributed by atoms with E-state index < -0.39 is 0 Å². The Morgan fingerprint density at radius 3 is 2.81 bits per heavy atom. The van der Waals surface area contributed by atoms with Crippen LogP contribution < -0.4 is 5.32 Å². The van der Waals surface area contributed by atoms with Gasteiger partial charge in [-0.1, -0.05) is 39.0 Å². The largest absolute Gasteiger partial charge is 0.355 e. The Balaban J connectivity index is 1.68. The van der Waals surface area contributed by atoms with E-state index in [4.69, 9.17) is 0 Å². The summed E-state index contributed by atoms with van der Waals surface area (Å²) in [4.78, 5) is 11.0. The van der Waals surface area contributed by atoms with E-state index in [0.717, 1.165) is 31.0 Å². The Kier molecular flexibility index (Phi) is 5.82. The van der Waals surface area contributed by atoms with Gasteiger partial charge in [0.2, 0.25) is 0 Å². The topological polar surface area (TPSA) is 45.5 Å². The van der Waals surface area contributed by atoms with Crippen LogP contribution in [0.4, 0.5) is 4.39 Å². The quantitative estimate of drug-likeness (QED) is 0.661. The molecule has 0 spiro atoms. The van der Waals surface area contributed by atoms with E-state index in [9.17, 15) is 4.39 Å². The first-order valence-corrected chi connectivity index (χ1v) is 9.60. The van der Waals surface area contributed by atoms with Crippen LogP contribution in [-0.4, -0.2) is 47.1 Å². The number of halogens is 1. The van der Waals surface area contributed by atoms with E-state index >= 15 is 0 Å². The fourth-order valence-electron chi connectivity index (χ4n) is 3.83. The summed E-state index contributed by atoms with van der Waals surface area (Å²) in [5.41, 5.74) is 0.380. The molecule has 27 heavy (non-hydrogen) atoms. The zero-order valence-electron chi connectivity index (χ0n) is 16.7. The summed E-state index contributed by atoms with van der Waals surface area (Å²) in [7, 11) is 1.81.